The fourth-order valence-corrected chi connectivity index (χ4v) is 1.93. The Labute approximate surface area is 125 Å². The molecule has 0 saturated heterocycles. The largest absolute Gasteiger partial charge is 0.491 e. The second-order valence-corrected chi connectivity index (χ2v) is 5.03. The minimum atomic E-state index is -0.0455. The molecule has 0 unspecified atom stereocenters. The van der Waals surface area contributed by atoms with Gasteiger partial charge in [-0.3, -0.25) is 9.78 Å². The maximum absolute atomic E-state index is 12.2. The van der Waals surface area contributed by atoms with Crippen molar-refractivity contribution >= 4 is 5.91 Å². The summed E-state index contributed by atoms with van der Waals surface area (Å²) in [7, 11) is 1.77. The number of hydrogen-bond acceptors (Lipinski definition) is 3. The van der Waals surface area contributed by atoms with Crippen molar-refractivity contribution in [3.8, 4) is 5.75 Å². The third-order valence-corrected chi connectivity index (χ3v) is 3.28. The van der Waals surface area contributed by atoms with E-state index >= 15 is 0 Å². The number of aromatic nitrogens is 1. The highest BCUT2D eigenvalue weighted by Crippen LogP contribution is 2.15. The zero-order valence-corrected chi connectivity index (χ0v) is 12.7. The lowest BCUT2D eigenvalue weighted by Crippen LogP contribution is -2.31. The summed E-state index contributed by atoms with van der Waals surface area (Å²) in [5, 5.41) is 0. The summed E-state index contributed by atoms with van der Waals surface area (Å²) in [6.07, 6.45) is 1.61. The van der Waals surface area contributed by atoms with Crippen LogP contribution in [0.1, 0.15) is 21.6 Å². The van der Waals surface area contributed by atoms with Gasteiger partial charge in [-0.05, 0) is 37.6 Å². The quantitative estimate of drug-likeness (QED) is 0.848. The minimum absolute atomic E-state index is 0.0455. The van der Waals surface area contributed by atoms with Gasteiger partial charge in [-0.25, -0.2) is 0 Å². The van der Waals surface area contributed by atoms with Gasteiger partial charge in [-0.2, -0.15) is 0 Å². The normalized spacial score (nSPS) is 10.2. The molecule has 0 atom stereocenters. The Bertz CT molecular complexity index is 608. The molecule has 2 aromatic rings. The molecule has 4 nitrogen and oxygen atoms in total. The minimum Gasteiger partial charge on any atom is -0.491 e. The molecule has 0 fully saturated rings. The summed E-state index contributed by atoms with van der Waals surface area (Å²) in [6, 6.07) is 11.5. The highest BCUT2D eigenvalue weighted by Gasteiger charge is 2.11. The number of likely N-dealkylation sites (N-methyl/N-ethyl adjacent to an activating group) is 1. The fraction of sp³-hybridized carbons (Fsp3) is 0.294. The number of nitrogens with zero attached hydrogens (tertiary/aromatic N) is 2. The van der Waals surface area contributed by atoms with Crippen LogP contribution in [0.25, 0.3) is 0 Å². The Morgan fingerprint density at radius 3 is 2.62 bits per heavy atom. The Balaban J connectivity index is 1.87. The van der Waals surface area contributed by atoms with E-state index in [9.17, 15) is 4.79 Å². The van der Waals surface area contributed by atoms with Gasteiger partial charge in [0.1, 0.15) is 12.4 Å². The molecule has 0 saturated carbocycles. The van der Waals surface area contributed by atoms with Crippen LogP contribution in [0.15, 0.2) is 42.6 Å². The van der Waals surface area contributed by atoms with Gasteiger partial charge < -0.3 is 9.64 Å². The third-order valence-electron chi connectivity index (χ3n) is 3.28. The van der Waals surface area contributed by atoms with Gasteiger partial charge in [0.05, 0.1) is 12.1 Å². The average molecular weight is 284 g/mol. The van der Waals surface area contributed by atoms with Gasteiger partial charge in [0.2, 0.25) is 0 Å². The van der Waals surface area contributed by atoms with Crippen molar-refractivity contribution < 1.29 is 9.53 Å². The molecule has 0 aliphatic rings. The molecule has 1 aromatic heterocycles. The molecule has 0 bridgehead atoms. The summed E-state index contributed by atoms with van der Waals surface area (Å²) < 4.78 is 5.70. The molecule has 0 radical (unpaired) electrons. The number of benzene rings is 1. The molecule has 1 heterocycles. The van der Waals surface area contributed by atoms with E-state index in [0.717, 1.165) is 17.0 Å². The van der Waals surface area contributed by atoms with Gasteiger partial charge in [0, 0.05) is 18.9 Å². The van der Waals surface area contributed by atoms with E-state index in [2.05, 4.69) is 4.98 Å². The molecular weight excluding hydrogens is 264 g/mol. The predicted octanol–water partition coefficient (Wildman–Crippen LogP) is 2.85. The highest BCUT2D eigenvalue weighted by atomic mass is 16.5. The average Bonchev–Trinajstić information content (AvgIpc) is 2.49. The second-order valence-electron chi connectivity index (χ2n) is 5.03. The van der Waals surface area contributed by atoms with Crippen molar-refractivity contribution in [2.24, 2.45) is 0 Å². The number of aryl methyl sites for hydroxylation is 2. The van der Waals surface area contributed by atoms with Crippen LogP contribution < -0.4 is 4.74 Å². The molecule has 1 amide bonds. The van der Waals surface area contributed by atoms with Gasteiger partial charge in [-0.15, -0.1) is 0 Å². The number of carbonyl (C=O) groups is 1. The maximum Gasteiger partial charge on any atom is 0.255 e. The summed E-state index contributed by atoms with van der Waals surface area (Å²) in [5.41, 5.74) is 2.59. The van der Waals surface area contributed by atoms with Crippen LogP contribution in [-0.2, 0) is 0 Å². The van der Waals surface area contributed by atoms with E-state index in [-0.39, 0.29) is 5.91 Å². The van der Waals surface area contributed by atoms with Crippen molar-refractivity contribution in [1.82, 2.24) is 9.88 Å². The number of ether oxygens (including phenoxy) is 1. The Morgan fingerprint density at radius 1 is 1.19 bits per heavy atom. The van der Waals surface area contributed by atoms with E-state index in [0.29, 0.717) is 18.7 Å². The van der Waals surface area contributed by atoms with Gasteiger partial charge >= 0.3 is 0 Å². The lowest BCUT2D eigenvalue weighted by molar-refractivity contribution is 0.0773. The van der Waals surface area contributed by atoms with Crippen LogP contribution in [0.4, 0.5) is 0 Å². The fourth-order valence-electron chi connectivity index (χ4n) is 1.93. The van der Waals surface area contributed by atoms with E-state index in [1.165, 1.54) is 0 Å². The number of rotatable bonds is 5. The van der Waals surface area contributed by atoms with Gasteiger partial charge in [-0.1, -0.05) is 18.2 Å². The van der Waals surface area contributed by atoms with Crippen LogP contribution in [0.2, 0.25) is 0 Å². The molecule has 0 spiro atoms. The Kier molecular flexibility index (Phi) is 4.93. The molecule has 0 aliphatic heterocycles. The topological polar surface area (TPSA) is 42.4 Å². The van der Waals surface area contributed by atoms with Crippen LogP contribution in [0, 0.1) is 13.8 Å². The van der Waals surface area contributed by atoms with Crippen molar-refractivity contribution in [2.45, 2.75) is 13.8 Å². The first kappa shape index (κ1) is 15.0. The zero-order chi connectivity index (χ0) is 15.2. The lowest BCUT2D eigenvalue weighted by atomic mass is 10.2. The molecule has 0 aliphatic carbocycles. The standard InChI is InChI=1S/C17H20N2O2/c1-13-6-4-5-7-16(13)21-11-10-19(3)17(20)15-9-8-14(2)18-12-15/h4-9,12H,10-11H2,1-3H3. The molecule has 2 rings (SSSR count). The summed E-state index contributed by atoms with van der Waals surface area (Å²) in [4.78, 5) is 18.0. The van der Waals surface area contributed by atoms with Crippen LogP contribution >= 0.6 is 0 Å². The highest BCUT2D eigenvalue weighted by molar-refractivity contribution is 5.93. The second kappa shape index (κ2) is 6.88. The molecule has 110 valence electrons. The predicted molar refractivity (Wildman–Crippen MR) is 82.6 cm³/mol. The SMILES string of the molecule is Cc1ccc(C(=O)N(C)CCOc2ccccc2C)cn1. The third kappa shape index (κ3) is 4.05. The molecule has 21 heavy (non-hydrogen) atoms. The molecule has 1 aromatic carbocycles. The lowest BCUT2D eigenvalue weighted by Gasteiger charge is -2.18. The van der Waals surface area contributed by atoms with Crippen molar-refractivity contribution in [3.05, 3.63) is 59.4 Å². The number of hydrogen-bond donors (Lipinski definition) is 0. The first-order chi connectivity index (χ1) is 10.1. The zero-order valence-electron chi connectivity index (χ0n) is 12.7. The van der Waals surface area contributed by atoms with E-state index in [4.69, 9.17) is 4.74 Å². The number of carbonyl (C=O) groups excluding carboxylic acids is 1. The van der Waals surface area contributed by atoms with Crippen molar-refractivity contribution in [2.75, 3.05) is 20.2 Å². The first-order valence-electron chi connectivity index (χ1n) is 6.94. The Hall–Kier alpha value is -2.36. The molecular formula is C17H20N2O2. The first-order valence-corrected chi connectivity index (χ1v) is 6.94. The Morgan fingerprint density at radius 2 is 1.95 bits per heavy atom. The van der Waals surface area contributed by atoms with E-state index in [1.807, 2.05) is 44.2 Å². The van der Waals surface area contributed by atoms with Crippen LogP contribution in [-0.4, -0.2) is 36.0 Å². The smallest absolute Gasteiger partial charge is 0.255 e. The maximum atomic E-state index is 12.2. The molecule has 0 N–H and O–H groups in total. The van der Waals surface area contributed by atoms with Gasteiger partial charge in [0.25, 0.3) is 5.91 Å². The summed E-state index contributed by atoms with van der Waals surface area (Å²) in [5.74, 6) is 0.811. The van der Waals surface area contributed by atoms with Crippen LogP contribution in [0.3, 0.4) is 0 Å². The van der Waals surface area contributed by atoms with E-state index in [1.54, 1.807) is 24.2 Å². The van der Waals surface area contributed by atoms with Gasteiger partial charge in [0.15, 0.2) is 0 Å². The summed E-state index contributed by atoms with van der Waals surface area (Å²) in [6.45, 7) is 4.89. The number of para-hydroxylation sites is 1. The molecule has 4 heteroatoms. The number of pyridine rings is 1. The number of amides is 1. The monoisotopic (exact) mass is 284 g/mol. The summed E-state index contributed by atoms with van der Waals surface area (Å²) >= 11 is 0. The van der Waals surface area contributed by atoms with Crippen LogP contribution in [0.5, 0.6) is 5.75 Å². The van der Waals surface area contributed by atoms with Crippen molar-refractivity contribution in [3.63, 3.8) is 0 Å². The van der Waals surface area contributed by atoms with E-state index < -0.39 is 0 Å². The van der Waals surface area contributed by atoms with Crippen molar-refractivity contribution in [1.29, 1.82) is 0 Å².